The van der Waals surface area contributed by atoms with E-state index in [-0.39, 0.29) is 0 Å². The van der Waals surface area contributed by atoms with Crippen LogP contribution in [0, 0.1) is 0 Å². The molecule has 0 unspecified atom stereocenters. The molecule has 0 radical (unpaired) electrons. The summed E-state index contributed by atoms with van der Waals surface area (Å²) in [4.78, 5) is 9.17. The summed E-state index contributed by atoms with van der Waals surface area (Å²) >= 11 is 12.5. The van der Waals surface area contributed by atoms with Crippen LogP contribution in [-0.2, 0) is 0 Å². The highest BCUT2D eigenvalue weighted by atomic mass is 35.5. The fourth-order valence-corrected chi connectivity index (χ4v) is 2.50. The molecular formula is C16H19Cl2N3. The third-order valence-electron chi connectivity index (χ3n) is 3.08. The number of hydrogen-bond acceptors (Lipinski definition) is 3. The molecule has 1 heterocycles. The van der Waals surface area contributed by atoms with Gasteiger partial charge in [0.1, 0.15) is 5.82 Å². The molecule has 2 rings (SSSR count). The fraction of sp³-hybridized carbons (Fsp3) is 0.375. The van der Waals surface area contributed by atoms with Crippen molar-refractivity contribution in [1.82, 2.24) is 9.97 Å². The number of aromatic nitrogens is 2. The van der Waals surface area contributed by atoms with Crippen LogP contribution in [0.15, 0.2) is 24.3 Å². The van der Waals surface area contributed by atoms with Crippen LogP contribution in [0.3, 0.4) is 0 Å². The van der Waals surface area contributed by atoms with Gasteiger partial charge in [0, 0.05) is 18.3 Å². The molecule has 1 aromatic carbocycles. The minimum absolute atomic E-state index is 0.301. The lowest BCUT2D eigenvalue weighted by molar-refractivity contribution is 0.816. The molecule has 2 aromatic rings. The van der Waals surface area contributed by atoms with E-state index in [0.29, 0.717) is 27.4 Å². The van der Waals surface area contributed by atoms with Crippen LogP contribution in [0.2, 0.25) is 10.0 Å². The standard InChI is InChI=1S/C16H19Cl2N3/c1-4-8-19-14-9-13(10(2)3)20-16(21-14)15-11(17)6-5-7-12(15)18/h5-7,9-10H,4,8H2,1-3H3,(H,19,20,21). The highest BCUT2D eigenvalue weighted by Gasteiger charge is 2.14. The van der Waals surface area contributed by atoms with Crippen LogP contribution < -0.4 is 5.32 Å². The second-order valence-corrected chi connectivity index (χ2v) is 5.99. The summed E-state index contributed by atoms with van der Waals surface area (Å²) in [6.07, 6.45) is 1.03. The smallest absolute Gasteiger partial charge is 0.164 e. The Morgan fingerprint density at radius 2 is 1.81 bits per heavy atom. The monoisotopic (exact) mass is 323 g/mol. The normalized spacial score (nSPS) is 11.0. The zero-order valence-electron chi connectivity index (χ0n) is 12.5. The van der Waals surface area contributed by atoms with E-state index in [2.05, 4.69) is 36.1 Å². The molecule has 0 aliphatic heterocycles. The summed E-state index contributed by atoms with van der Waals surface area (Å²) in [6, 6.07) is 7.39. The van der Waals surface area contributed by atoms with Gasteiger partial charge in [-0.05, 0) is 24.5 Å². The first-order chi connectivity index (χ1) is 10.0. The topological polar surface area (TPSA) is 37.8 Å². The minimum atomic E-state index is 0.301. The second kappa shape index (κ2) is 7.10. The zero-order chi connectivity index (χ0) is 15.4. The third-order valence-corrected chi connectivity index (χ3v) is 3.71. The summed E-state index contributed by atoms with van der Waals surface area (Å²) < 4.78 is 0. The maximum Gasteiger partial charge on any atom is 0.164 e. The van der Waals surface area contributed by atoms with Gasteiger partial charge in [-0.2, -0.15) is 0 Å². The van der Waals surface area contributed by atoms with E-state index in [1.54, 1.807) is 12.1 Å². The van der Waals surface area contributed by atoms with Gasteiger partial charge in [0.15, 0.2) is 5.82 Å². The van der Waals surface area contributed by atoms with Crippen molar-refractivity contribution in [3.05, 3.63) is 40.0 Å². The number of nitrogens with one attached hydrogen (secondary N) is 1. The molecule has 0 aliphatic carbocycles. The van der Waals surface area contributed by atoms with Gasteiger partial charge in [0.05, 0.1) is 15.6 Å². The summed E-state index contributed by atoms with van der Waals surface area (Å²) in [5, 5.41) is 4.42. The van der Waals surface area contributed by atoms with E-state index in [9.17, 15) is 0 Å². The molecule has 0 aliphatic rings. The SMILES string of the molecule is CCCNc1cc(C(C)C)nc(-c2c(Cl)cccc2Cl)n1. The highest BCUT2D eigenvalue weighted by molar-refractivity contribution is 6.38. The van der Waals surface area contributed by atoms with E-state index in [1.165, 1.54) is 0 Å². The van der Waals surface area contributed by atoms with Crippen molar-refractivity contribution in [1.29, 1.82) is 0 Å². The molecule has 1 aromatic heterocycles. The van der Waals surface area contributed by atoms with Crippen LogP contribution >= 0.6 is 23.2 Å². The summed E-state index contributed by atoms with van der Waals surface area (Å²) in [5.41, 5.74) is 1.65. The highest BCUT2D eigenvalue weighted by Crippen LogP contribution is 2.33. The second-order valence-electron chi connectivity index (χ2n) is 5.18. The van der Waals surface area contributed by atoms with Crippen molar-refractivity contribution in [3.63, 3.8) is 0 Å². The van der Waals surface area contributed by atoms with Crippen LogP contribution in [0.5, 0.6) is 0 Å². The minimum Gasteiger partial charge on any atom is -0.370 e. The average Bonchev–Trinajstić information content (AvgIpc) is 2.44. The summed E-state index contributed by atoms with van der Waals surface area (Å²) in [7, 11) is 0. The number of halogens is 2. The number of hydrogen-bond donors (Lipinski definition) is 1. The third kappa shape index (κ3) is 3.86. The number of rotatable bonds is 5. The van der Waals surface area contributed by atoms with Gasteiger partial charge in [-0.15, -0.1) is 0 Å². The van der Waals surface area contributed by atoms with E-state index in [0.717, 1.165) is 24.5 Å². The lowest BCUT2D eigenvalue weighted by Gasteiger charge is -2.13. The molecule has 1 N–H and O–H groups in total. The zero-order valence-corrected chi connectivity index (χ0v) is 14.0. The molecule has 0 bridgehead atoms. The maximum absolute atomic E-state index is 6.27. The van der Waals surface area contributed by atoms with Crippen LogP contribution in [0.4, 0.5) is 5.82 Å². The van der Waals surface area contributed by atoms with E-state index < -0.39 is 0 Å². The molecule has 0 spiro atoms. The van der Waals surface area contributed by atoms with Gasteiger partial charge in [0.25, 0.3) is 0 Å². The van der Waals surface area contributed by atoms with Gasteiger partial charge in [-0.25, -0.2) is 9.97 Å². The predicted octanol–water partition coefficient (Wildman–Crippen LogP) is 5.40. The Kier molecular flexibility index (Phi) is 5.43. The van der Waals surface area contributed by atoms with Crippen molar-refractivity contribution in [2.45, 2.75) is 33.1 Å². The number of anilines is 1. The van der Waals surface area contributed by atoms with Crippen LogP contribution in [0.1, 0.15) is 38.8 Å². The van der Waals surface area contributed by atoms with E-state index >= 15 is 0 Å². The Morgan fingerprint density at radius 1 is 1.14 bits per heavy atom. The summed E-state index contributed by atoms with van der Waals surface area (Å²) in [5.74, 6) is 1.67. The first-order valence-corrected chi connectivity index (χ1v) is 7.85. The van der Waals surface area contributed by atoms with Crippen molar-refractivity contribution in [3.8, 4) is 11.4 Å². The molecule has 0 atom stereocenters. The quantitative estimate of drug-likeness (QED) is 0.800. The van der Waals surface area contributed by atoms with Crippen molar-refractivity contribution >= 4 is 29.0 Å². The van der Waals surface area contributed by atoms with Gasteiger partial charge >= 0.3 is 0 Å². The molecular weight excluding hydrogens is 305 g/mol. The average molecular weight is 324 g/mol. The van der Waals surface area contributed by atoms with E-state index in [1.807, 2.05) is 12.1 Å². The van der Waals surface area contributed by atoms with Gasteiger partial charge in [-0.3, -0.25) is 0 Å². The number of benzene rings is 1. The summed E-state index contributed by atoms with van der Waals surface area (Å²) in [6.45, 7) is 7.18. The predicted molar refractivity (Wildman–Crippen MR) is 90.4 cm³/mol. The molecule has 0 saturated heterocycles. The Hall–Kier alpha value is -1.32. The molecule has 3 nitrogen and oxygen atoms in total. The fourth-order valence-electron chi connectivity index (χ4n) is 1.93. The molecule has 21 heavy (non-hydrogen) atoms. The molecule has 0 saturated carbocycles. The Morgan fingerprint density at radius 3 is 2.38 bits per heavy atom. The molecule has 112 valence electrons. The Bertz CT molecular complexity index is 607. The lowest BCUT2D eigenvalue weighted by Crippen LogP contribution is -2.06. The Balaban J connectivity index is 2.54. The van der Waals surface area contributed by atoms with Crippen LogP contribution in [-0.4, -0.2) is 16.5 Å². The molecule has 5 heteroatoms. The van der Waals surface area contributed by atoms with Crippen molar-refractivity contribution < 1.29 is 0 Å². The first-order valence-electron chi connectivity index (χ1n) is 7.10. The van der Waals surface area contributed by atoms with Gasteiger partial charge in [0.2, 0.25) is 0 Å². The first kappa shape index (κ1) is 16.1. The van der Waals surface area contributed by atoms with Gasteiger partial charge in [-0.1, -0.05) is 50.0 Å². The Labute approximate surface area is 135 Å². The van der Waals surface area contributed by atoms with Crippen molar-refractivity contribution in [2.24, 2.45) is 0 Å². The van der Waals surface area contributed by atoms with Gasteiger partial charge < -0.3 is 5.32 Å². The molecule has 0 fully saturated rings. The van der Waals surface area contributed by atoms with Crippen LogP contribution in [0.25, 0.3) is 11.4 Å². The van der Waals surface area contributed by atoms with E-state index in [4.69, 9.17) is 23.2 Å². The number of nitrogens with zero attached hydrogens (tertiary/aromatic N) is 2. The van der Waals surface area contributed by atoms with Crippen molar-refractivity contribution in [2.75, 3.05) is 11.9 Å². The maximum atomic E-state index is 6.27. The lowest BCUT2D eigenvalue weighted by atomic mass is 10.1. The largest absolute Gasteiger partial charge is 0.370 e. The molecule has 0 amide bonds.